The molecule has 0 radical (unpaired) electrons. The molecule has 2 nitrogen and oxygen atoms in total. The Morgan fingerprint density at radius 1 is 1.29 bits per heavy atom. The molecule has 2 aliphatic carbocycles. The molecule has 2 aliphatic rings. The molecular weight excluding hydrogens is 176 g/mol. The molecule has 2 atom stereocenters. The Hall–Kier alpha value is -0.920. The van der Waals surface area contributed by atoms with E-state index in [0.29, 0.717) is 11.8 Å². The van der Waals surface area contributed by atoms with E-state index in [-0.39, 0.29) is 23.9 Å². The number of fused-ring (bicyclic) bond motifs is 1. The summed E-state index contributed by atoms with van der Waals surface area (Å²) in [5, 5.41) is 0. The summed E-state index contributed by atoms with van der Waals surface area (Å²) in [6.45, 7) is 4.33. The molecule has 1 fully saturated rings. The summed E-state index contributed by atoms with van der Waals surface area (Å²) in [4.78, 5) is 22.9. The minimum atomic E-state index is 0.00815. The van der Waals surface area contributed by atoms with E-state index < -0.39 is 0 Å². The maximum Gasteiger partial charge on any atom is 0.163 e. The maximum atomic E-state index is 11.6. The number of carbonyl (C=O) groups is 2. The molecule has 0 aromatic rings. The van der Waals surface area contributed by atoms with Crippen LogP contribution in [0.2, 0.25) is 0 Å². The average Bonchev–Trinajstić information content (AvgIpc) is 2.47. The van der Waals surface area contributed by atoms with Gasteiger partial charge in [-0.15, -0.1) is 0 Å². The van der Waals surface area contributed by atoms with Crippen LogP contribution < -0.4 is 0 Å². The van der Waals surface area contributed by atoms with Crippen LogP contribution in [0.1, 0.15) is 33.1 Å². The van der Waals surface area contributed by atoms with Crippen molar-refractivity contribution in [2.24, 2.45) is 17.8 Å². The van der Waals surface area contributed by atoms with Crippen molar-refractivity contribution in [3.05, 3.63) is 11.6 Å². The van der Waals surface area contributed by atoms with Crippen LogP contribution >= 0.6 is 0 Å². The van der Waals surface area contributed by atoms with Crippen LogP contribution in [0, 0.1) is 17.8 Å². The third kappa shape index (κ3) is 1.43. The second-order valence-corrected chi connectivity index (χ2v) is 4.73. The van der Waals surface area contributed by atoms with Crippen LogP contribution in [0.15, 0.2) is 11.6 Å². The molecule has 2 rings (SSSR count). The zero-order chi connectivity index (χ0) is 10.3. The van der Waals surface area contributed by atoms with Crippen LogP contribution in [0.5, 0.6) is 0 Å². The van der Waals surface area contributed by atoms with Crippen molar-refractivity contribution in [2.45, 2.75) is 33.1 Å². The van der Waals surface area contributed by atoms with Crippen molar-refractivity contribution in [3.8, 4) is 0 Å². The monoisotopic (exact) mass is 192 g/mol. The summed E-state index contributed by atoms with van der Waals surface area (Å²) in [5.41, 5.74) is 1.13. The minimum absolute atomic E-state index is 0.00815. The van der Waals surface area contributed by atoms with Gasteiger partial charge in [-0.05, 0) is 30.8 Å². The lowest BCUT2D eigenvalue weighted by atomic mass is 9.82. The standard InChI is InChI=1S/C12H16O2/c1-7(2)9-3-4-10-11(9)5-8(13)6-12(10)14/h5,7,9-10H,3-4,6H2,1-2H3/t9-,10?/m1/s1. The highest BCUT2D eigenvalue weighted by molar-refractivity contribution is 6.09. The van der Waals surface area contributed by atoms with E-state index in [0.717, 1.165) is 18.4 Å². The van der Waals surface area contributed by atoms with Gasteiger partial charge in [0.15, 0.2) is 5.78 Å². The Bertz CT molecular complexity index is 312. The second-order valence-electron chi connectivity index (χ2n) is 4.73. The van der Waals surface area contributed by atoms with Gasteiger partial charge in [0.1, 0.15) is 5.78 Å². The number of carbonyl (C=O) groups excluding carboxylic acids is 2. The molecule has 0 aromatic carbocycles. The predicted octanol–water partition coefficient (Wildman–Crippen LogP) is 2.14. The van der Waals surface area contributed by atoms with Crippen molar-refractivity contribution in [3.63, 3.8) is 0 Å². The number of ketones is 2. The maximum absolute atomic E-state index is 11.6. The van der Waals surface area contributed by atoms with E-state index in [4.69, 9.17) is 0 Å². The summed E-state index contributed by atoms with van der Waals surface area (Å²) < 4.78 is 0. The highest BCUT2D eigenvalue weighted by atomic mass is 16.1. The molecule has 14 heavy (non-hydrogen) atoms. The molecule has 2 heteroatoms. The largest absolute Gasteiger partial charge is 0.299 e. The molecule has 0 amide bonds. The van der Waals surface area contributed by atoms with E-state index in [1.54, 1.807) is 6.08 Å². The van der Waals surface area contributed by atoms with E-state index in [1.165, 1.54) is 0 Å². The fraction of sp³-hybridized carbons (Fsp3) is 0.667. The Labute approximate surface area is 84.4 Å². The topological polar surface area (TPSA) is 34.1 Å². The zero-order valence-electron chi connectivity index (χ0n) is 8.75. The van der Waals surface area contributed by atoms with Gasteiger partial charge in [0.05, 0.1) is 6.42 Å². The lowest BCUT2D eigenvalue weighted by molar-refractivity contribution is -0.127. The Morgan fingerprint density at radius 3 is 2.64 bits per heavy atom. The predicted molar refractivity (Wildman–Crippen MR) is 53.8 cm³/mol. The molecule has 0 heterocycles. The van der Waals surface area contributed by atoms with Crippen molar-refractivity contribution in [1.82, 2.24) is 0 Å². The lowest BCUT2D eigenvalue weighted by Gasteiger charge is -2.21. The molecule has 0 spiro atoms. The van der Waals surface area contributed by atoms with Crippen LogP contribution in [0.3, 0.4) is 0 Å². The van der Waals surface area contributed by atoms with Crippen LogP contribution in [0.4, 0.5) is 0 Å². The van der Waals surface area contributed by atoms with E-state index >= 15 is 0 Å². The van der Waals surface area contributed by atoms with E-state index in [2.05, 4.69) is 13.8 Å². The molecule has 76 valence electrons. The molecule has 0 aromatic heterocycles. The quantitative estimate of drug-likeness (QED) is 0.596. The number of hydrogen-bond donors (Lipinski definition) is 0. The smallest absolute Gasteiger partial charge is 0.163 e. The lowest BCUT2D eigenvalue weighted by Crippen LogP contribution is -2.24. The number of allylic oxidation sites excluding steroid dienone is 2. The first-order valence-corrected chi connectivity index (χ1v) is 5.36. The number of Topliss-reactive ketones (excluding diaryl/α,β-unsaturated/α-hetero) is 1. The Kier molecular flexibility index (Phi) is 2.30. The highest BCUT2D eigenvalue weighted by Gasteiger charge is 2.39. The summed E-state index contributed by atoms with van der Waals surface area (Å²) in [6, 6.07) is 0. The fourth-order valence-electron chi connectivity index (χ4n) is 2.74. The first kappa shape index (κ1) is 9.63. The summed E-state index contributed by atoms with van der Waals surface area (Å²) in [6.07, 6.45) is 3.91. The molecule has 0 N–H and O–H groups in total. The fourth-order valence-corrected chi connectivity index (χ4v) is 2.74. The van der Waals surface area contributed by atoms with Gasteiger partial charge in [0, 0.05) is 5.92 Å². The van der Waals surface area contributed by atoms with Crippen molar-refractivity contribution in [1.29, 1.82) is 0 Å². The van der Waals surface area contributed by atoms with Gasteiger partial charge >= 0.3 is 0 Å². The summed E-state index contributed by atoms with van der Waals surface area (Å²) >= 11 is 0. The molecule has 0 saturated heterocycles. The third-order valence-electron chi connectivity index (χ3n) is 3.47. The van der Waals surface area contributed by atoms with Gasteiger partial charge < -0.3 is 0 Å². The van der Waals surface area contributed by atoms with E-state index in [1.807, 2.05) is 0 Å². The minimum Gasteiger partial charge on any atom is -0.299 e. The summed E-state index contributed by atoms with van der Waals surface area (Å²) in [5.74, 6) is 1.25. The highest BCUT2D eigenvalue weighted by Crippen LogP contribution is 2.43. The van der Waals surface area contributed by atoms with Gasteiger partial charge in [-0.3, -0.25) is 9.59 Å². The van der Waals surface area contributed by atoms with Crippen molar-refractivity contribution < 1.29 is 9.59 Å². The van der Waals surface area contributed by atoms with Gasteiger partial charge in [-0.2, -0.15) is 0 Å². The van der Waals surface area contributed by atoms with Gasteiger partial charge in [0.2, 0.25) is 0 Å². The summed E-state index contributed by atoms with van der Waals surface area (Å²) in [7, 11) is 0. The van der Waals surface area contributed by atoms with Crippen molar-refractivity contribution in [2.75, 3.05) is 0 Å². The molecule has 0 aliphatic heterocycles. The van der Waals surface area contributed by atoms with Crippen LogP contribution in [-0.2, 0) is 9.59 Å². The third-order valence-corrected chi connectivity index (χ3v) is 3.47. The average molecular weight is 192 g/mol. The normalized spacial score (nSPS) is 32.1. The Morgan fingerprint density at radius 2 is 2.00 bits per heavy atom. The Balaban J connectivity index is 2.31. The molecule has 0 bridgehead atoms. The van der Waals surface area contributed by atoms with Gasteiger partial charge in [-0.1, -0.05) is 19.4 Å². The van der Waals surface area contributed by atoms with Crippen LogP contribution in [0.25, 0.3) is 0 Å². The number of hydrogen-bond acceptors (Lipinski definition) is 2. The zero-order valence-corrected chi connectivity index (χ0v) is 8.75. The molecule has 1 saturated carbocycles. The molecule has 1 unspecified atom stereocenters. The first-order chi connectivity index (χ1) is 6.59. The first-order valence-electron chi connectivity index (χ1n) is 5.36. The molecular formula is C12H16O2. The van der Waals surface area contributed by atoms with E-state index in [9.17, 15) is 9.59 Å². The van der Waals surface area contributed by atoms with Gasteiger partial charge in [0.25, 0.3) is 0 Å². The van der Waals surface area contributed by atoms with Crippen molar-refractivity contribution >= 4 is 11.6 Å². The van der Waals surface area contributed by atoms with Crippen LogP contribution in [-0.4, -0.2) is 11.6 Å². The number of rotatable bonds is 1. The SMILES string of the molecule is CC(C)[C@H]1CCC2C(=O)CC(=O)C=C21. The van der Waals surface area contributed by atoms with Gasteiger partial charge in [-0.25, -0.2) is 0 Å². The second kappa shape index (κ2) is 3.34.